The summed E-state index contributed by atoms with van der Waals surface area (Å²) in [6.07, 6.45) is 1.05. The van der Waals surface area contributed by atoms with Gasteiger partial charge in [0.2, 0.25) is 5.88 Å². The molecule has 0 spiro atoms. The maximum atomic E-state index is 13.2. The summed E-state index contributed by atoms with van der Waals surface area (Å²) in [6.45, 7) is 8.86. The van der Waals surface area contributed by atoms with Gasteiger partial charge in [-0.3, -0.25) is 4.57 Å². The van der Waals surface area contributed by atoms with Crippen LogP contribution in [-0.2, 0) is 13.2 Å². The molecule has 4 nitrogen and oxygen atoms in total. The third-order valence-electron chi connectivity index (χ3n) is 4.65. The van der Waals surface area contributed by atoms with Crippen LogP contribution in [0.15, 0.2) is 29.1 Å². The van der Waals surface area contributed by atoms with Crippen LogP contribution in [0.4, 0.5) is 8.78 Å². The third kappa shape index (κ3) is 4.87. The molecule has 0 fully saturated rings. The molecule has 0 aliphatic heterocycles. The van der Waals surface area contributed by atoms with Crippen LogP contribution in [0.25, 0.3) is 0 Å². The molecule has 0 saturated heterocycles. The monoisotopic (exact) mass is 350 g/mol. The van der Waals surface area contributed by atoms with E-state index < -0.39 is 11.6 Å². The Balaban J connectivity index is 2.10. The molecule has 2 unspecified atom stereocenters. The standard InChI is InChI=1S/C19H24F2N2O2/c1-5-12(2)13(3)10-23-14(4)8-18(22-19(23)24)25-11-15-6-7-16(20)17(21)9-15/h6-9,12-13H,5,10-11H2,1-4H3. The normalized spacial score (nSPS) is 13.5. The van der Waals surface area contributed by atoms with Crippen molar-refractivity contribution >= 4 is 0 Å². The first-order valence-electron chi connectivity index (χ1n) is 8.47. The van der Waals surface area contributed by atoms with Gasteiger partial charge in [-0.15, -0.1) is 0 Å². The molecule has 0 saturated carbocycles. The van der Waals surface area contributed by atoms with Crippen molar-refractivity contribution in [2.45, 2.75) is 47.3 Å². The number of hydrogen-bond donors (Lipinski definition) is 0. The second-order valence-corrected chi connectivity index (χ2v) is 6.53. The Bertz CT molecular complexity index is 789. The number of rotatable bonds is 7. The Kier molecular flexibility index (Phi) is 6.28. The highest BCUT2D eigenvalue weighted by Gasteiger charge is 2.14. The zero-order chi connectivity index (χ0) is 18.6. The Morgan fingerprint density at radius 3 is 2.48 bits per heavy atom. The van der Waals surface area contributed by atoms with Crippen molar-refractivity contribution in [2.75, 3.05) is 0 Å². The fraction of sp³-hybridized carbons (Fsp3) is 0.474. The van der Waals surface area contributed by atoms with E-state index in [0.717, 1.165) is 24.2 Å². The number of halogens is 2. The van der Waals surface area contributed by atoms with Crippen LogP contribution in [0.2, 0.25) is 0 Å². The summed E-state index contributed by atoms with van der Waals surface area (Å²) in [5.74, 6) is -0.789. The first-order chi connectivity index (χ1) is 11.8. The Hall–Kier alpha value is -2.24. The number of aromatic nitrogens is 2. The smallest absolute Gasteiger partial charge is 0.351 e. The lowest BCUT2D eigenvalue weighted by molar-refractivity contribution is 0.285. The van der Waals surface area contributed by atoms with Crippen LogP contribution in [0.5, 0.6) is 5.88 Å². The summed E-state index contributed by atoms with van der Waals surface area (Å²) in [4.78, 5) is 16.2. The molecule has 0 N–H and O–H groups in total. The first kappa shape index (κ1) is 19.1. The molecule has 1 heterocycles. The lowest BCUT2D eigenvalue weighted by atomic mass is 9.93. The molecule has 0 radical (unpaired) electrons. The van der Waals surface area contributed by atoms with Crippen LogP contribution in [-0.4, -0.2) is 9.55 Å². The van der Waals surface area contributed by atoms with Crippen LogP contribution in [0.1, 0.15) is 38.4 Å². The number of hydrogen-bond acceptors (Lipinski definition) is 3. The molecule has 0 bridgehead atoms. The topological polar surface area (TPSA) is 44.1 Å². The highest BCUT2D eigenvalue weighted by Crippen LogP contribution is 2.18. The average molecular weight is 350 g/mol. The highest BCUT2D eigenvalue weighted by atomic mass is 19.2. The second-order valence-electron chi connectivity index (χ2n) is 6.53. The average Bonchev–Trinajstić information content (AvgIpc) is 2.58. The zero-order valence-corrected chi connectivity index (χ0v) is 15.1. The van der Waals surface area contributed by atoms with Gasteiger partial charge in [0.15, 0.2) is 11.6 Å². The SMILES string of the molecule is CCC(C)C(C)Cn1c(C)cc(OCc2ccc(F)c(F)c2)nc1=O. The molecule has 0 aliphatic rings. The van der Waals surface area contributed by atoms with Gasteiger partial charge >= 0.3 is 5.69 Å². The van der Waals surface area contributed by atoms with Gasteiger partial charge in [0.05, 0.1) is 0 Å². The summed E-state index contributed by atoms with van der Waals surface area (Å²) in [5, 5.41) is 0. The van der Waals surface area contributed by atoms with E-state index >= 15 is 0 Å². The predicted molar refractivity (Wildman–Crippen MR) is 92.5 cm³/mol. The largest absolute Gasteiger partial charge is 0.473 e. The maximum Gasteiger partial charge on any atom is 0.351 e. The Labute approximate surface area is 146 Å². The van der Waals surface area contributed by atoms with Gasteiger partial charge in [0.25, 0.3) is 0 Å². The molecule has 6 heteroatoms. The van der Waals surface area contributed by atoms with Gasteiger partial charge in [0, 0.05) is 18.3 Å². The summed E-state index contributed by atoms with van der Waals surface area (Å²) in [7, 11) is 0. The molecule has 25 heavy (non-hydrogen) atoms. The summed E-state index contributed by atoms with van der Waals surface area (Å²) >= 11 is 0. The van der Waals surface area contributed by atoms with Gasteiger partial charge in [-0.25, -0.2) is 13.6 Å². The van der Waals surface area contributed by atoms with Crippen molar-refractivity contribution in [3.05, 3.63) is 57.6 Å². The molecule has 1 aromatic heterocycles. The van der Waals surface area contributed by atoms with Gasteiger partial charge in [0.1, 0.15) is 6.61 Å². The number of benzene rings is 1. The van der Waals surface area contributed by atoms with Crippen molar-refractivity contribution in [1.29, 1.82) is 0 Å². The first-order valence-corrected chi connectivity index (χ1v) is 8.47. The van der Waals surface area contributed by atoms with Gasteiger partial charge in [-0.1, -0.05) is 33.3 Å². The predicted octanol–water partition coefficient (Wildman–Crippen LogP) is 4.09. The van der Waals surface area contributed by atoms with Crippen LogP contribution in [0, 0.1) is 30.4 Å². The van der Waals surface area contributed by atoms with Gasteiger partial charge in [-0.05, 0) is 36.5 Å². The molecule has 0 amide bonds. The molecule has 0 aliphatic carbocycles. The van der Waals surface area contributed by atoms with Gasteiger partial charge < -0.3 is 4.74 Å². The maximum absolute atomic E-state index is 13.2. The number of ether oxygens (including phenoxy) is 1. The van der Waals surface area contributed by atoms with E-state index in [0.29, 0.717) is 23.9 Å². The van der Waals surface area contributed by atoms with Crippen molar-refractivity contribution in [2.24, 2.45) is 11.8 Å². The third-order valence-corrected chi connectivity index (χ3v) is 4.65. The Morgan fingerprint density at radius 1 is 1.16 bits per heavy atom. The highest BCUT2D eigenvalue weighted by molar-refractivity contribution is 5.19. The van der Waals surface area contributed by atoms with Crippen LogP contribution >= 0.6 is 0 Å². The second kappa shape index (κ2) is 8.23. The van der Waals surface area contributed by atoms with E-state index in [-0.39, 0.29) is 18.2 Å². The van der Waals surface area contributed by atoms with Crippen molar-refractivity contribution < 1.29 is 13.5 Å². The molecular formula is C19H24F2N2O2. The quantitative estimate of drug-likeness (QED) is 0.755. The minimum absolute atomic E-state index is 0.0103. The van der Waals surface area contributed by atoms with E-state index in [9.17, 15) is 13.6 Å². The summed E-state index contributed by atoms with van der Waals surface area (Å²) < 4.78 is 33.2. The van der Waals surface area contributed by atoms with E-state index in [1.54, 1.807) is 10.6 Å². The summed E-state index contributed by atoms with van der Waals surface area (Å²) in [6, 6.07) is 5.23. The van der Waals surface area contributed by atoms with Crippen LogP contribution in [0.3, 0.4) is 0 Å². The lowest BCUT2D eigenvalue weighted by Crippen LogP contribution is -2.29. The van der Waals surface area contributed by atoms with Gasteiger partial charge in [-0.2, -0.15) is 4.98 Å². The van der Waals surface area contributed by atoms with E-state index in [4.69, 9.17) is 4.74 Å². The Morgan fingerprint density at radius 2 is 1.88 bits per heavy atom. The minimum Gasteiger partial charge on any atom is -0.473 e. The summed E-state index contributed by atoms with van der Waals surface area (Å²) in [5.41, 5.74) is 0.860. The van der Waals surface area contributed by atoms with E-state index in [2.05, 4.69) is 25.8 Å². The van der Waals surface area contributed by atoms with E-state index in [1.165, 1.54) is 6.07 Å². The van der Waals surface area contributed by atoms with Crippen LogP contribution < -0.4 is 10.4 Å². The number of aryl methyl sites for hydroxylation is 1. The fourth-order valence-corrected chi connectivity index (χ4v) is 2.55. The molecule has 1 aromatic carbocycles. The van der Waals surface area contributed by atoms with E-state index in [1.807, 2.05) is 6.92 Å². The van der Waals surface area contributed by atoms with Crippen molar-refractivity contribution in [1.82, 2.24) is 9.55 Å². The molecule has 2 atom stereocenters. The molecule has 2 aromatic rings. The van der Waals surface area contributed by atoms with Crippen molar-refractivity contribution in [3.8, 4) is 5.88 Å². The van der Waals surface area contributed by atoms with Crippen molar-refractivity contribution in [3.63, 3.8) is 0 Å². The molecule has 136 valence electrons. The lowest BCUT2D eigenvalue weighted by Gasteiger charge is -2.20. The molecule has 2 rings (SSSR count). The zero-order valence-electron chi connectivity index (χ0n) is 15.1. The number of nitrogens with zero attached hydrogens (tertiary/aromatic N) is 2. The fourth-order valence-electron chi connectivity index (χ4n) is 2.55. The molecular weight excluding hydrogens is 326 g/mol. The minimum atomic E-state index is -0.931.